The Morgan fingerprint density at radius 3 is 2.56 bits per heavy atom. The van der Waals surface area contributed by atoms with Crippen LogP contribution < -0.4 is 20.1 Å². The Morgan fingerprint density at radius 2 is 1.88 bits per heavy atom. The second-order valence-corrected chi connectivity index (χ2v) is 7.64. The van der Waals surface area contributed by atoms with Crippen LogP contribution >= 0.6 is 0 Å². The number of ether oxygens (including phenoxy) is 2. The fraction of sp³-hybridized carbons (Fsp3) is 0.292. The molecule has 1 saturated carbocycles. The Hall–Kier alpha value is -3.81. The van der Waals surface area contributed by atoms with E-state index in [1.54, 1.807) is 32.4 Å². The van der Waals surface area contributed by atoms with Gasteiger partial charge in [0, 0.05) is 18.5 Å². The third kappa shape index (κ3) is 5.08. The van der Waals surface area contributed by atoms with Crippen molar-refractivity contribution in [3.8, 4) is 22.8 Å². The lowest BCUT2D eigenvalue weighted by molar-refractivity contribution is -0.123. The summed E-state index contributed by atoms with van der Waals surface area (Å²) in [4.78, 5) is 25.6. The van der Waals surface area contributed by atoms with Crippen molar-refractivity contribution in [3.05, 3.63) is 65.9 Å². The maximum absolute atomic E-state index is 12.9. The van der Waals surface area contributed by atoms with Crippen LogP contribution in [0.5, 0.6) is 11.5 Å². The van der Waals surface area contributed by atoms with Gasteiger partial charge in [-0.3, -0.25) is 9.59 Å². The third-order valence-corrected chi connectivity index (χ3v) is 5.24. The summed E-state index contributed by atoms with van der Waals surface area (Å²) in [5.74, 6) is 0.826. The molecule has 2 amide bonds. The monoisotopic (exact) mass is 435 g/mol. The quantitative estimate of drug-likeness (QED) is 0.536. The molecule has 3 aromatic rings. The summed E-state index contributed by atoms with van der Waals surface area (Å²) >= 11 is 0. The molecule has 2 aromatic carbocycles. The molecule has 1 aromatic heterocycles. The SMILES string of the molecule is COc1ccc(OC)c(-c2cc(C(=O)N[C@@H](Cc3ccccc3)C(=O)NC3CC3)no2)c1. The minimum Gasteiger partial charge on any atom is -0.497 e. The zero-order valence-electron chi connectivity index (χ0n) is 18.0. The van der Waals surface area contributed by atoms with Crippen LogP contribution in [-0.2, 0) is 11.2 Å². The van der Waals surface area contributed by atoms with Gasteiger partial charge in [0.05, 0.1) is 19.8 Å². The molecule has 8 heteroatoms. The Bertz CT molecular complexity index is 1090. The minimum absolute atomic E-state index is 0.0714. The van der Waals surface area contributed by atoms with Gasteiger partial charge in [0.2, 0.25) is 5.91 Å². The molecular weight excluding hydrogens is 410 g/mol. The molecule has 1 fully saturated rings. The van der Waals surface area contributed by atoms with Crippen molar-refractivity contribution in [2.45, 2.75) is 31.3 Å². The molecule has 166 valence electrons. The first-order chi connectivity index (χ1) is 15.6. The molecule has 1 aliphatic carbocycles. The molecule has 0 radical (unpaired) electrons. The van der Waals surface area contributed by atoms with Crippen LogP contribution in [0, 0.1) is 0 Å². The van der Waals surface area contributed by atoms with E-state index in [0.29, 0.717) is 29.2 Å². The van der Waals surface area contributed by atoms with E-state index in [1.165, 1.54) is 6.07 Å². The number of nitrogens with one attached hydrogen (secondary N) is 2. The molecular formula is C24H25N3O5. The zero-order chi connectivity index (χ0) is 22.5. The van der Waals surface area contributed by atoms with Crippen molar-refractivity contribution in [1.29, 1.82) is 0 Å². The fourth-order valence-corrected chi connectivity index (χ4v) is 3.34. The van der Waals surface area contributed by atoms with E-state index in [0.717, 1.165) is 18.4 Å². The highest BCUT2D eigenvalue weighted by Crippen LogP contribution is 2.33. The number of amides is 2. The first kappa shape index (κ1) is 21.4. The van der Waals surface area contributed by atoms with Gasteiger partial charge in [0.1, 0.15) is 17.5 Å². The van der Waals surface area contributed by atoms with Gasteiger partial charge in [-0.15, -0.1) is 0 Å². The topological polar surface area (TPSA) is 103 Å². The first-order valence-electron chi connectivity index (χ1n) is 10.4. The molecule has 0 saturated heterocycles. The van der Waals surface area contributed by atoms with Gasteiger partial charge in [-0.25, -0.2) is 0 Å². The van der Waals surface area contributed by atoms with Crippen LogP contribution in [0.1, 0.15) is 28.9 Å². The maximum Gasteiger partial charge on any atom is 0.274 e. The third-order valence-electron chi connectivity index (χ3n) is 5.24. The number of hydrogen-bond donors (Lipinski definition) is 2. The van der Waals surface area contributed by atoms with E-state index in [4.69, 9.17) is 14.0 Å². The Labute approximate surface area is 185 Å². The Morgan fingerprint density at radius 1 is 1.09 bits per heavy atom. The van der Waals surface area contributed by atoms with E-state index in [9.17, 15) is 9.59 Å². The molecule has 8 nitrogen and oxygen atoms in total. The number of rotatable bonds is 9. The van der Waals surface area contributed by atoms with Crippen LogP contribution in [-0.4, -0.2) is 43.3 Å². The Kier molecular flexibility index (Phi) is 6.39. The van der Waals surface area contributed by atoms with Crippen LogP contribution in [0.2, 0.25) is 0 Å². The normalized spacial score (nSPS) is 13.8. The number of nitrogens with zero attached hydrogens (tertiary/aromatic N) is 1. The van der Waals surface area contributed by atoms with Crippen LogP contribution in [0.4, 0.5) is 0 Å². The molecule has 0 spiro atoms. The van der Waals surface area contributed by atoms with Gasteiger partial charge >= 0.3 is 0 Å². The first-order valence-corrected chi connectivity index (χ1v) is 10.4. The van der Waals surface area contributed by atoms with Gasteiger partial charge in [-0.2, -0.15) is 0 Å². The van der Waals surface area contributed by atoms with Crippen molar-refractivity contribution < 1.29 is 23.6 Å². The highest BCUT2D eigenvalue weighted by atomic mass is 16.5. The lowest BCUT2D eigenvalue weighted by Crippen LogP contribution is -2.48. The second-order valence-electron chi connectivity index (χ2n) is 7.64. The van der Waals surface area contributed by atoms with Gasteiger partial charge in [-0.1, -0.05) is 35.5 Å². The van der Waals surface area contributed by atoms with Crippen molar-refractivity contribution in [2.75, 3.05) is 14.2 Å². The minimum atomic E-state index is -0.725. The summed E-state index contributed by atoms with van der Waals surface area (Å²) in [7, 11) is 3.10. The number of carbonyl (C=O) groups excluding carboxylic acids is 2. The Balaban J connectivity index is 1.52. The second kappa shape index (κ2) is 9.55. The summed E-state index contributed by atoms with van der Waals surface area (Å²) in [6.45, 7) is 0. The number of methoxy groups -OCH3 is 2. The average Bonchev–Trinajstić information content (AvgIpc) is 3.49. The van der Waals surface area contributed by atoms with Crippen LogP contribution in [0.25, 0.3) is 11.3 Å². The van der Waals surface area contributed by atoms with Gasteiger partial charge in [0.15, 0.2) is 11.5 Å². The summed E-state index contributed by atoms with van der Waals surface area (Å²) in [6, 6.07) is 15.8. The van der Waals surface area contributed by atoms with E-state index < -0.39 is 11.9 Å². The van der Waals surface area contributed by atoms with E-state index >= 15 is 0 Å². The summed E-state index contributed by atoms with van der Waals surface area (Å²) < 4.78 is 16.0. The smallest absolute Gasteiger partial charge is 0.274 e. The molecule has 0 bridgehead atoms. The highest BCUT2D eigenvalue weighted by Gasteiger charge is 2.29. The van der Waals surface area contributed by atoms with E-state index in [-0.39, 0.29) is 17.6 Å². The largest absolute Gasteiger partial charge is 0.497 e. The van der Waals surface area contributed by atoms with Gasteiger partial charge in [0.25, 0.3) is 5.91 Å². The molecule has 32 heavy (non-hydrogen) atoms. The number of aromatic nitrogens is 1. The fourth-order valence-electron chi connectivity index (χ4n) is 3.34. The van der Waals surface area contributed by atoms with Gasteiger partial charge in [-0.05, 0) is 36.6 Å². The van der Waals surface area contributed by atoms with Crippen molar-refractivity contribution in [3.63, 3.8) is 0 Å². The highest BCUT2D eigenvalue weighted by molar-refractivity contribution is 5.97. The lowest BCUT2D eigenvalue weighted by Gasteiger charge is -2.18. The number of benzene rings is 2. The average molecular weight is 435 g/mol. The predicted octanol–water partition coefficient (Wildman–Crippen LogP) is 2.98. The van der Waals surface area contributed by atoms with Crippen molar-refractivity contribution >= 4 is 11.8 Å². The molecule has 1 heterocycles. The van der Waals surface area contributed by atoms with Crippen molar-refractivity contribution in [1.82, 2.24) is 15.8 Å². The maximum atomic E-state index is 12.9. The molecule has 1 aliphatic rings. The summed E-state index contributed by atoms with van der Waals surface area (Å²) in [5.41, 5.74) is 1.62. The van der Waals surface area contributed by atoms with E-state index in [2.05, 4.69) is 15.8 Å². The standard InChI is InChI=1S/C24H25N3O5/c1-30-17-10-11-21(31-2)18(13-17)22-14-20(27-32-22)24(29)26-19(23(28)25-16-8-9-16)12-15-6-4-3-5-7-15/h3-7,10-11,13-14,16,19H,8-9,12H2,1-2H3,(H,25,28)(H,26,29)/t19-/m0/s1. The molecule has 2 N–H and O–H groups in total. The number of hydrogen-bond acceptors (Lipinski definition) is 6. The van der Waals surface area contributed by atoms with E-state index in [1.807, 2.05) is 30.3 Å². The van der Waals surface area contributed by atoms with Crippen LogP contribution in [0.15, 0.2) is 59.1 Å². The lowest BCUT2D eigenvalue weighted by atomic mass is 10.0. The predicted molar refractivity (Wildman–Crippen MR) is 118 cm³/mol. The molecule has 4 rings (SSSR count). The number of carbonyl (C=O) groups is 2. The summed E-state index contributed by atoms with van der Waals surface area (Å²) in [5, 5.41) is 9.66. The molecule has 1 atom stereocenters. The van der Waals surface area contributed by atoms with Gasteiger partial charge < -0.3 is 24.6 Å². The zero-order valence-corrected chi connectivity index (χ0v) is 18.0. The molecule has 0 unspecified atom stereocenters. The summed E-state index contributed by atoms with van der Waals surface area (Å²) in [6.07, 6.45) is 2.30. The molecule has 0 aliphatic heterocycles. The van der Waals surface area contributed by atoms with Crippen molar-refractivity contribution in [2.24, 2.45) is 0 Å². The van der Waals surface area contributed by atoms with Crippen LogP contribution in [0.3, 0.4) is 0 Å².